The number of para-hydroxylation sites is 1. The summed E-state index contributed by atoms with van der Waals surface area (Å²) in [4.78, 5) is 15.7. The van der Waals surface area contributed by atoms with Crippen LogP contribution in [-0.2, 0) is 4.74 Å². The molecule has 2 aliphatic heterocycles. The second kappa shape index (κ2) is 10.2. The Kier molecular flexibility index (Phi) is 6.95. The number of aromatic nitrogens is 2. The van der Waals surface area contributed by atoms with Crippen LogP contribution in [0.5, 0.6) is 0 Å². The van der Waals surface area contributed by atoms with Crippen LogP contribution in [0.25, 0.3) is 0 Å². The van der Waals surface area contributed by atoms with Gasteiger partial charge in [0, 0.05) is 51.5 Å². The maximum absolute atomic E-state index is 9.67. The number of hydrogen-bond acceptors (Lipinski definition) is 8. The van der Waals surface area contributed by atoms with Crippen LogP contribution in [0, 0.1) is 11.3 Å². The van der Waals surface area contributed by atoms with Crippen molar-refractivity contribution in [3.63, 3.8) is 0 Å². The van der Waals surface area contributed by atoms with Crippen molar-refractivity contribution < 1.29 is 4.74 Å². The Morgan fingerprint density at radius 1 is 0.967 bits per heavy atom. The first-order valence-electron chi connectivity index (χ1n) is 10.7. The molecule has 2 aromatic rings. The molecule has 0 radical (unpaired) electrons. The first-order valence-corrected chi connectivity index (χ1v) is 10.7. The van der Waals surface area contributed by atoms with Gasteiger partial charge in [-0.15, -0.1) is 0 Å². The summed E-state index contributed by atoms with van der Waals surface area (Å²) in [5.41, 5.74) is 1.83. The van der Waals surface area contributed by atoms with E-state index in [9.17, 15) is 5.26 Å². The summed E-state index contributed by atoms with van der Waals surface area (Å²) >= 11 is 0. The zero-order chi connectivity index (χ0) is 20.6. The lowest BCUT2D eigenvalue weighted by molar-refractivity contribution is 0.122. The lowest BCUT2D eigenvalue weighted by Crippen LogP contribution is -2.46. The van der Waals surface area contributed by atoms with Crippen molar-refractivity contribution in [2.75, 3.05) is 80.7 Å². The standard InChI is InChI=1S/C22H29N7O/c23-17-20-21(25-18-26-22(20)29-13-15-30-16-14-29)24-7-4-8-27-9-11-28(12-10-27)19-5-2-1-3-6-19/h1-3,5-6,18H,4,7-16H2,(H,24,25,26). The van der Waals surface area contributed by atoms with E-state index in [1.807, 2.05) is 0 Å². The Labute approximate surface area is 178 Å². The molecule has 1 aromatic heterocycles. The molecule has 2 aliphatic rings. The van der Waals surface area contributed by atoms with Gasteiger partial charge >= 0.3 is 0 Å². The molecule has 30 heavy (non-hydrogen) atoms. The van der Waals surface area contributed by atoms with E-state index in [2.05, 4.69) is 66.4 Å². The quantitative estimate of drug-likeness (QED) is 0.696. The van der Waals surface area contributed by atoms with E-state index >= 15 is 0 Å². The topological polar surface area (TPSA) is 80.6 Å². The maximum Gasteiger partial charge on any atom is 0.152 e. The molecule has 0 unspecified atom stereocenters. The third-order valence-corrected chi connectivity index (χ3v) is 5.69. The predicted octanol–water partition coefficient (Wildman–Crippen LogP) is 1.81. The van der Waals surface area contributed by atoms with Crippen LogP contribution in [0.4, 0.5) is 17.3 Å². The Hall–Kier alpha value is -2.89. The summed E-state index contributed by atoms with van der Waals surface area (Å²) in [6.45, 7) is 8.92. The van der Waals surface area contributed by atoms with E-state index in [0.29, 0.717) is 30.4 Å². The minimum atomic E-state index is 0.524. The maximum atomic E-state index is 9.67. The zero-order valence-electron chi connectivity index (χ0n) is 17.3. The average molecular weight is 408 g/mol. The molecule has 3 heterocycles. The number of hydrogen-bond donors (Lipinski definition) is 1. The van der Waals surface area contributed by atoms with Crippen molar-refractivity contribution in [3.8, 4) is 6.07 Å². The van der Waals surface area contributed by atoms with Crippen LogP contribution in [-0.4, -0.2) is 80.4 Å². The first-order chi connectivity index (χ1) is 14.8. The minimum absolute atomic E-state index is 0.524. The van der Waals surface area contributed by atoms with Crippen LogP contribution in [0.2, 0.25) is 0 Å². The highest BCUT2D eigenvalue weighted by Crippen LogP contribution is 2.23. The third-order valence-electron chi connectivity index (χ3n) is 5.69. The molecule has 0 spiro atoms. The predicted molar refractivity (Wildman–Crippen MR) is 118 cm³/mol. The molecule has 158 valence electrons. The fraction of sp³-hybridized carbons (Fsp3) is 0.500. The molecular formula is C22H29N7O. The Morgan fingerprint density at radius 3 is 2.47 bits per heavy atom. The Balaban J connectivity index is 1.24. The summed E-state index contributed by atoms with van der Waals surface area (Å²) in [5, 5.41) is 13.0. The minimum Gasteiger partial charge on any atom is -0.378 e. The fourth-order valence-corrected chi connectivity index (χ4v) is 4.01. The molecule has 4 rings (SSSR count). The van der Waals surface area contributed by atoms with Crippen molar-refractivity contribution in [3.05, 3.63) is 42.2 Å². The summed E-state index contributed by atoms with van der Waals surface area (Å²) < 4.78 is 5.40. The molecule has 0 saturated carbocycles. The van der Waals surface area contributed by atoms with Gasteiger partial charge in [0.1, 0.15) is 23.8 Å². The lowest BCUT2D eigenvalue weighted by Gasteiger charge is -2.36. The van der Waals surface area contributed by atoms with Gasteiger partial charge in [-0.25, -0.2) is 9.97 Å². The molecule has 2 fully saturated rings. The van der Waals surface area contributed by atoms with Crippen molar-refractivity contribution in [2.24, 2.45) is 0 Å². The molecule has 8 nitrogen and oxygen atoms in total. The van der Waals surface area contributed by atoms with Gasteiger partial charge in [0.05, 0.1) is 13.2 Å². The number of piperazine rings is 1. The van der Waals surface area contributed by atoms with Crippen molar-refractivity contribution >= 4 is 17.3 Å². The van der Waals surface area contributed by atoms with Crippen LogP contribution < -0.4 is 15.1 Å². The van der Waals surface area contributed by atoms with E-state index in [-0.39, 0.29) is 0 Å². The number of morpholine rings is 1. The molecule has 0 bridgehead atoms. The van der Waals surface area contributed by atoms with E-state index < -0.39 is 0 Å². The van der Waals surface area contributed by atoms with Gasteiger partial charge in [0.2, 0.25) is 0 Å². The molecular weight excluding hydrogens is 378 g/mol. The number of nitriles is 1. The first kappa shape index (κ1) is 20.4. The second-order valence-electron chi connectivity index (χ2n) is 7.58. The van der Waals surface area contributed by atoms with Crippen molar-refractivity contribution in [1.82, 2.24) is 14.9 Å². The highest BCUT2D eigenvalue weighted by molar-refractivity contribution is 5.65. The highest BCUT2D eigenvalue weighted by atomic mass is 16.5. The number of nitrogens with zero attached hydrogens (tertiary/aromatic N) is 6. The summed E-state index contributed by atoms with van der Waals surface area (Å²) in [7, 11) is 0. The van der Waals surface area contributed by atoms with Crippen molar-refractivity contribution in [1.29, 1.82) is 5.26 Å². The fourth-order valence-electron chi connectivity index (χ4n) is 4.01. The van der Waals surface area contributed by atoms with E-state index in [1.165, 1.54) is 12.0 Å². The van der Waals surface area contributed by atoms with Gasteiger partial charge in [0.15, 0.2) is 5.82 Å². The summed E-state index contributed by atoms with van der Waals surface area (Å²) in [6.07, 6.45) is 2.55. The normalized spacial score (nSPS) is 17.6. The van der Waals surface area contributed by atoms with Gasteiger partial charge in [-0.3, -0.25) is 4.90 Å². The summed E-state index contributed by atoms with van der Waals surface area (Å²) in [6, 6.07) is 12.9. The molecule has 0 aliphatic carbocycles. The Bertz CT molecular complexity index is 840. The number of nitrogens with one attached hydrogen (secondary N) is 1. The van der Waals surface area contributed by atoms with E-state index in [4.69, 9.17) is 4.74 Å². The van der Waals surface area contributed by atoms with Gasteiger partial charge in [-0.2, -0.15) is 5.26 Å². The monoisotopic (exact) mass is 407 g/mol. The van der Waals surface area contributed by atoms with Gasteiger partial charge in [0.25, 0.3) is 0 Å². The van der Waals surface area contributed by atoms with Crippen LogP contribution in [0.1, 0.15) is 12.0 Å². The number of rotatable bonds is 7. The van der Waals surface area contributed by atoms with Crippen LogP contribution >= 0.6 is 0 Å². The van der Waals surface area contributed by atoms with E-state index in [1.54, 1.807) is 0 Å². The third kappa shape index (κ3) is 4.99. The molecule has 8 heteroatoms. The SMILES string of the molecule is N#Cc1c(NCCCN2CCN(c3ccccc3)CC2)ncnc1N1CCOCC1. The van der Waals surface area contributed by atoms with Crippen molar-refractivity contribution in [2.45, 2.75) is 6.42 Å². The average Bonchev–Trinajstić information content (AvgIpc) is 2.83. The van der Waals surface area contributed by atoms with Gasteiger partial charge in [-0.1, -0.05) is 18.2 Å². The second-order valence-corrected chi connectivity index (χ2v) is 7.58. The largest absolute Gasteiger partial charge is 0.378 e. The molecule has 1 N–H and O–H groups in total. The van der Waals surface area contributed by atoms with E-state index in [0.717, 1.165) is 58.8 Å². The van der Waals surface area contributed by atoms with Crippen LogP contribution in [0.15, 0.2) is 36.7 Å². The molecule has 0 atom stereocenters. The summed E-state index contributed by atoms with van der Waals surface area (Å²) in [5.74, 6) is 1.33. The lowest BCUT2D eigenvalue weighted by atomic mass is 10.2. The highest BCUT2D eigenvalue weighted by Gasteiger charge is 2.20. The molecule has 0 amide bonds. The van der Waals surface area contributed by atoms with Crippen LogP contribution in [0.3, 0.4) is 0 Å². The van der Waals surface area contributed by atoms with Gasteiger partial charge < -0.3 is 19.9 Å². The number of ether oxygens (including phenoxy) is 1. The molecule has 2 saturated heterocycles. The smallest absolute Gasteiger partial charge is 0.152 e. The van der Waals surface area contributed by atoms with Gasteiger partial charge in [-0.05, 0) is 25.1 Å². The number of anilines is 3. The molecule has 1 aromatic carbocycles. The number of benzene rings is 1. The zero-order valence-corrected chi connectivity index (χ0v) is 17.3. The Morgan fingerprint density at radius 2 is 1.73 bits per heavy atom.